The van der Waals surface area contributed by atoms with Crippen LogP contribution < -0.4 is 21.3 Å². The van der Waals surface area contributed by atoms with Crippen molar-refractivity contribution in [1.29, 1.82) is 42.1 Å². The number of fused-ring (bicyclic) bond motifs is 3. The van der Waals surface area contributed by atoms with Gasteiger partial charge in [0.1, 0.15) is 65.2 Å². The number of rotatable bonds is 3. The first kappa shape index (κ1) is 30.1. The van der Waals surface area contributed by atoms with Crippen molar-refractivity contribution in [1.82, 2.24) is 41.2 Å². The van der Waals surface area contributed by atoms with E-state index in [4.69, 9.17) is 4.42 Å². The third-order valence-electron chi connectivity index (χ3n) is 6.95. The number of hydrogen-bond acceptors (Lipinski definition) is 21. The van der Waals surface area contributed by atoms with Crippen molar-refractivity contribution in [2.75, 3.05) is 0 Å². The van der Waals surface area contributed by atoms with Crippen LogP contribution in [0.5, 0.6) is 0 Å². The molecule has 1 aromatic carbocycles. The number of amidine groups is 4. The van der Waals surface area contributed by atoms with Crippen LogP contribution >= 0.6 is 0 Å². The lowest BCUT2D eigenvalue weighted by atomic mass is 10.1. The quantitative estimate of drug-likeness (QED) is 0.274. The highest BCUT2D eigenvalue weighted by atomic mass is 16.3. The Hall–Kier alpha value is -9.54. The second-order valence-electron chi connectivity index (χ2n) is 9.82. The SMILES string of the molecule is N#CC1=C(C#N)NC2=NC(=C(C#N)c3nc(C(C#N)=C4N=C5NC(C#N)=C(C#N)NC5=N4)nc(-c4nc5cc(C#N)c(C#N)cc5o4)n3)N=C2N1. The number of nitriles is 8. The molecule has 0 amide bonds. The Bertz CT molecular complexity index is 2560. The van der Waals surface area contributed by atoms with Crippen molar-refractivity contribution >= 4 is 45.6 Å². The lowest BCUT2D eigenvalue weighted by molar-refractivity contribution is 0.611. The minimum Gasteiger partial charge on any atom is -0.433 e. The smallest absolute Gasteiger partial charge is 0.266 e. The fraction of sp³-hybridized carbons (Fsp3) is 0. The van der Waals surface area contributed by atoms with Gasteiger partial charge < -0.3 is 25.7 Å². The van der Waals surface area contributed by atoms with Crippen molar-refractivity contribution in [3.63, 3.8) is 0 Å². The first-order chi connectivity index (χ1) is 24.8. The fourth-order valence-corrected chi connectivity index (χ4v) is 4.67. The predicted molar refractivity (Wildman–Crippen MR) is 166 cm³/mol. The van der Waals surface area contributed by atoms with Crippen LogP contribution in [0.4, 0.5) is 0 Å². The van der Waals surface area contributed by atoms with Gasteiger partial charge in [-0.1, -0.05) is 0 Å². The van der Waals surface area contributed by atoms with E-state index < -0.39 is 0 Å². The molecule has 0 spiro atoms. The van der Waals surface area contributed by atoms with Gasteiger partial charge in [0.25, 0.3) is 5.89 Å². The Morgan fingerprint density at radius 3 is 1.29 bits per heavy atom. The molecule has 7 rings (SSSR count). The highest BCUT2D eigenvalue weighted by Crippen LogP contribution is 2.30. The summed E-state index contributed by atoms with van der Waals surface area (Å²) in [6.07, 6.45) is 0. The van der Waals surface area contributed by atoms with Crippen LogP contribution in [0.3, 0.4) is 0 Å². The Kier molecular flexibility index (Phi) is 6.90. The molecule has 21 heteroatoms. The fourth-order valence-electron chi connectivity index (χ4n) is 4.67. The van der Waals surface area contributed by atoms with Crippen LogP contribution in [0, 0.1) is 90.6 Å². The number of hydrogen-bond donors (Lipinski definition) is 4. The number of allylic oxidation sites excluding steroid dienone is 6. The maximum atomic E-state index is 10.3. The van der Waals surface area contributed by atoms with Gasteiger partial charge in [0.05, 0.1) is 11.1 Å². The molecule has 0 aliphatic carbocycles. The molecule has 232 valence electrons. The molecule has 6 heterocycles. The number of nitrogens with zero attached hydrogens (tertiary/aromatic N) is 16. The maximum absolute atomic E-state index is 10.3. The van der Waals surface area contributed by atoms with E-state index in [0.717, 1.165) is 0 Å². The number of benzene rings is 1. The third kappa shape index (κ3) is 4.90. The van der Waals surface area contributed by atoms with Crippen molar-refractivity contribution in [2.45, 2.75) is 0 Å². The molecule has 0 atom stereocenters. The maximum Gasteiger partial charge on any atom is 0.266 e. The Morgan fingerprint density at radius 1 is 0.510 bits per heavy atom. The largest absolute Gasteiger partial charge is 0.433 e. The van der Waals surface area contributed by atoms with Crippen LogP contribution in [0.1, 0.15) is 22.8 Å². The lowest BCUT2D eigenvalue weighted by Gasteiger charge is -2.15. The summed E-state index contributed by atoms with van der Waals surface area (Å²) in [5.74, 6) is -1.76. The first-order valence-corrected chi connectivity index (χ1v) is 13.7. The average Bonchev–Trinajstić information content (AvgIpc) is 3.89. The molecular formula is C30H6N20O. The van der Waals surface area contributed by atoms with Crippen LogP contribution in [0.15, 0.2) is 70.9 Å². The van der Waals surface area contributed by atoms with Gasteiger partial charge in [-0.3, -0.25) is 0 Å². The van der Waals surface area contributed by atoms with Crippen LogP contribution in [-0.2, 0) is 0 Å². The molecule has 0 radical (unpaired) electrons. The van der Waals surface area contributed by atoms with Crippen molar-refractivity contribution in [3.05, 3.63) is 69.3 Å². The summed E-state index contributed by atoms with van der Waals surface area (Å²) in [6, 6.07) is 17.6. The van der Waals surface area contributed by atoms with Crippen molar-refractivity contribution in [3.8, 4) is 60.3 Å². The van der Waals surface area contributed by atoms with Gasteiger partial charge in [-0.25, -0.2) is 39.9 Å². The number of aromatic nitrogens is 4. The van der Waals surface area contributed by atoms with E-state index in [0.29, 0.717) is 0 Å². The standard InChI is InChI=1S/C30H6N20O/c31-3-11-1-15-20(2-12(11)4-32)51-30(43-15)29-49-21(13(5-33)23-45-25-26(46-23)40-17(8-36)16(7-35)39-25)44-22(50-29)14(6-34)24-47-27-28(48-24)42-19(10-38)18(9-37)41-27/h1-2H,(H,39,45)(H,40,46)(H,41,47)(H,42,48). The summed E-state index contributed by atoms with van der Waals surface area (Å²) in [7, 11) is 0. The molecule has 0 unspecified atom stereocenters. The third-order valence-corrected chi connectivity index (χ3v) is 6.95. The summed E-state index contributed by atoms with van der Waals surface area (Å²) in [5.41, 5.74) is -0.943. The molecule has 0 saturated carbocycles. The van der Waals surface area contributed by atoms with Crippen molar-refractivity contribution < 1.29 is 4.42 Å². The normalized spacial score (nSPS) is 15.0. The van der Waals surface area contributed by atoms with E-state index in [1.165, 1.54) is 12.1 Å². The molecule has 3 aromatic rings. The van der Waals surface area contributed by atoms with Gasteiger partial charge in [-0.05, 0) is 6.07 Å². The van der Waals surface area contributed by atoms with Gasteiger partial charge in [0, 0.05) is 6.07 Å². The van der Waals surface area contributed by atoms with Gasteiger partial charge in [0.2, 0.25) is 5.82 Å². The van der Waals surface area contributed by atoms with Crippen LogP contribution in [0.2, 0.25) is 0 Å². The molecule has 4 aliphatic heterocycles. The second kappa shape index (κ2) is 11.7. The minimum absolute atomic E-state index is 0.0190. The van der Waals surface area contributed by atoms with E-state index in [1.54, 1.807) is 0 Å². The Balaban J connectivity index is 1.42. The summed E-state index contributed by atoms with van der Waals surface area (Å²) >= 11 is 0. The van der Waals surface area contributed by atoms with E-state index in [2.05, 4.69) is 61.2 Å². The first-order valence-electron chi connectivity index (χ1n) is 13.7. The zero-order valence-corrected chi connectivity index (χ0v) is 24.7. The predicted octanol–water partition coefficient (Wildman–Crippen LogP) is 0.332. The molecule has 0 saturated heterocycles. The van der Waals surface area contributed by atoms with Gasteiger partial charge >= 0.3 is 0 Å². The Labute approximate surface area is 282 Å². The highest BCUT2D eigenvalue weighted by molar-refractivity contribution is 6.44. The van der Waals surface area contributed by atoms with Crippen molar-refractivity contribution in [2.24, 2.45) is 20.0 Å². The van der Waals surface area contributed by atoms with E-state index in [9.17, 15) is 42.1 Å². The molecule has 21 nitrogen and oxygen atoms in total. The average molecular weight is 663 g/mol. The summed E-state index contributed by atoms with van der Waals surface area (Å²) in [5, 5.41) is 87.7. The number of oxazole rings is 1. The number of aliphatic imine (C=N–C) groups is 4. The monoisotopic (exact) mass is 662 g/mol. The number of nitrogens with one attached hydrogen (secondary N) is 4. The second-order valence-corrected chi connectivity index (χ2v) is 9.82. The molecule has 4 aliphatic rings. The molecule has 4 N–H and O–H groups in total. The van der Waals surface area contributed by atoms with Crippen LogP contribution in [0.25, 0.3) is 34.0 Å². The Morgan fingerprint density at radius 2 is 0.922 bits per heavy atom. The lowest BCUT2D eigenvalue weighted by Crippen LogP contribution is -2.43. The van der Waals surface area contributed by atoms with Gasteiger partial charge in [-0.2, -0.15) is 42.1 Å². The topological polar surface area (TPSA) is 353 Å². The zero-order valence-electron chi connectivity index (χ0n) is 24.7. The van der Waals surface area contributed by atoms with E-state index in [1.807, 2.05) is 48.6 Å². The summed E-state index contributed by atoms with van der Waals surface area (Å²) < 4.78 is 5.83. The molecule has 51 heavy (non-hydrogen) atoms. The van der Waals surface area contributed by atoms with Gasteiger partial charge in [0.15, 0.2) is 75.0 Å². The summed E-state index contributed by atoms with van der Waals surface area (Å²) in [4.78, 5) is 34.4. The zero-order chi connectivity index (χ0) is 35.8. The minimum atomic E-state index is -0.382. The van der Waals surface area contributed by atoms with Crippen LogP contribution in [-0.4, -0.2) is 43.3 Å². The molecule has 2 aromatic heterocycles. The highest BCUT2D eigenvalue weighted by Gasteiger charge is 2.32. The molecular weight excluding hydrogens is 656 g/mol. The molecule has 0 bridgehead atoms. The van der Waals surface area contributed by atoms with E-state index >= 15 is 0 Å². The molecule has 0 fully saturated rings. The van der Waals surface area contributed by atoms with E-state index in [-0.39, 0.29) is 115 Å². The van der Waals surface area contributed by atoms with Gasteiger partial charge in [-0.15, -0.1) is 0 Å². The summed E-state index contributed by atoms with van der Waals surface area (Å²) in [6.45, 7) is 0.